The van der Waals surface area contributed by atoms with E-state index >= 15 is 0 Å². The Bertz CT molecular complexity index is 296. The van der Waals surface area contributed by atoms with Crippen molar-refractivity contribution in [3.05, 3.63) is 23.7 Å². The maximum absolute atomic E-state index is 5.69. The summed E-state index contributed by atoms with van der Waals surface area (Å²) in [6.45, 7) is 6.29. The minimum absolute atomic E-state index is 0.452. The largest absolute Gasteiger partial charge is 0.462 e. The Kier molecular flexibility index (Phi) is 6.97. The van der Waals surface area contributed by atoms with Crippen LogP contribution in [0.3, 0.4) is 0 Å². The molecule has 1 heterocycles. The summed E-state index contributed by atoms with van der Waals surface area (Å²) in [6.07, 6.45) is 5.00. The predicted molar refractivity (Wildman–Crippen MR) is 69.6 cm³/mol. The molecule has 0 aliphatic carbocycles. The number of nitrogens with two attached hydrogens (primary N) is 1. The van der Waals surface area contributed by atoms with E-state index in [1.807, 2.05) is 12.1 Å². The number of hydrogen-bond donors (Lipinski definition) is 1. The second kappa shape index (κ2) is 8.31. The highest BCUT2D eigenvalue weighted by atomic mass is 16.5. The van der Waals surface area contributed by atoms with Gasteiger partial charge in [-0.3, -0.25) is 0 Å². The van der Waals surface area contributed by atoms with Crippen LogP contribution in [0.2, 0.25) is 0 Å². The summed E-state index contributed by atoms with van der Waals surface area (Å²) < 4.78 is 11.2. The molecule has 3 nitrogen and oxygen atoms in total. The Balaban J connectivity index is 2.21. The van der Waals surface area contributed by atoms with E-state index in [9.17, 15) is 0 Å². The summed E-state index contributed by atoms with van der Waals surface area (Å²) in [5, 5.41) is 0. The van der Waals surface area contributed by atoms with Crippen molar-refractivity contribution in [3.63, 3.8) is 0 Å². The van der Waals surface area contributed by atoms with Gasteiger partial charge in [0.1, 0.15) is 18.1 Å². The first kappa shape index (κ1) is 14.3. The highest BCUT2D eigenvalue weighted by Crippen LogP contribution is 2.14. The van der Waals surface area contributed by atoms with Crippen molar-refractivity contribution in [1.82, 2.24) is 0 Å². The molecular formula is C14H25NO2. The lowest BCUT2D eigenvalue weighted by molar-refractivity contribution is 0.0703. The van der Waals surface area contributed by atoms with Crippen molar-refractivity contribution in [2.45, 2.75) is 52.7 Å². The molecule has 1 rings (SSSR count). The maximum atomic E-state index is 5.69. The first-order chi connectivity index (χ1) is 8.30. The van der Waals surface area contributed by atoms with E-state index in [2.05, 4.69) is 13.8 Å². The van der Waals surface area contributed by atoms with Crippen LogP contribution in [0.15, 0.2) is 16.5 Å². The molecule has 3 heteroatoms. The monoisotopic (exact) mass is 239 g/mol. The highest BCUT2D eigenvalue weighted by Gasteiger charge is 2.07. The Morgan fingerprint density at radius 1 is 1.29 bits per heavy atom. The summed E-state index contributed by atoms with van der Waals surface area (Å²) in [7, 11) is 0. The molecule has 1 aromatic heterocycles. The van der Waals surface area contributed by atoms with Crippen LogP contribution in [0.5, 0.6) is 0 Å². The summed E-state index contributed by atoms with van der Waals surface area (Å²) in [5.74, 6) is 2.37. The van der Waals surface area contributed by atoms with Gasteiger partial charge in [0.25, 0.3) is 0 Å². The van der Waals surface area contributed by atoms with Crippen LogP contribution in [0, 0.1) is 5.92 Å². The van der Waals surface area contributed by atoms with Crippen molar-refractivity contribution < 1.29 is 9.15 Å². The highest BCUT2D eigenvalue weighted by molar-refractivity contribution is 5.05. The third-order valence-electron chi connectivity index (χ3n) is 3.06. The lowest BCUT2D eigenvalue weighted by Gasteiger charge is -2.13. The standard InChI is InChI=1S/C14H25NO2/c1-3-5-6-12(4-2)10-16-11-14-8-7-13(9-15)17-14/h7-8,12H,3-6,9-11,15H2,1-2H3. The molecule has 0 aliphatic heterocycles. The second-order valence-electron chi connectivity index (χ2n) is 4.50. The first-order valence-corrected chi connectivity index (χ1v) is 6.65. The van der Waals surface area contributed by atoms with Gasteiger partial charge in [-0.2, -0.15) is 0 Å². The molecule has 0 spiro atoms. The van der Waals surface area contributed by atoms with Crippen molar-refractivity contribution in [2.24, 2.45) is 11.7 Å². The van der Waals surface area contributed by atoms with Gasteiger partial charge in [-0.15, -0.1) is 0 Å². The molecule has 0 saturated heterocycles. The van der Waals surface area contributed by atoms with Gasteiger partial charge in [-0.25, -0.2) is 0 Å². The number of hydrogen-bond acceptors (Lipinski definition) is 3. The summed E-state index contributed by atoms with van der Waals surface area (Å²) in [4.78, 5) is 0. The minimum Gasteiger partial charge on any atom is -0.462 e. The van der Waals surface area contributed by atoms with Crippen molar-refractivity contribution in [1.29, 1.82) is 0 Å². The molecule has 17 heavy (non-hydrogen) atoms. The zero-order chi connectivity index (χ0) is 12.5. The lowest BCUT2D eigenvalue weighted by Crippen LogP contribution is -2.08. The molecule has 0 aromatic carbocycles. The predicted octanol–water partition coefficient (Wildman–Crippen LogP) is 3.47. The van der Waals surface area contributed by atoms with Gasteiger partial charge in [0, 0.05) is 6.61 Å². The molecule has 0 fully saturated rings. The topological polar surface area (TPSA) is 48.4 Å². The van der Waals surface area contributed by atoms with Gasteiger partial charge in [-0.1, -0.05) is 33.1 Å². The normalized spacial score (nSPS) is 12.9. The van der Waals surface area contributed by atoms with Gasteiger partial charge in [0.05, 0.1) is 6.54 Å². The van der Waals surface area contributed by atoms with Gasteiger partial charge in [-0.05, 0) is 24.5 Å². The fourth-order valence-corrected chi connectivity index (χ4v) is 1.83. The average Bonchev–Trinajstić information content (AvgIpc) is 2.81. The second-order valence-corrected chi connectivity index (χ2v) is 4.50. The van der Waals surface area contributed by atoms with Crippen LogP contribution < -0.4 is 5.73 Å². The van der Waals surface area contributed by atoms with E-state index in [1.165, 1.54) is 25.7 Å². The van der Waals surface area contributed by atoms with Crippen LogP contribution in [-0.2, 0) is 17.9 Å². The smallest absolute Gasteiger partial charge is 0.129 e. The third kappa shape index (κ3) is 5.37. The van der Waals surface area contributed by atoms with Crippen LogP contribution >= 0.6 is 0 Å². The molecule has 1 atom stereocenters. The molecule has 0 saturated carbocycles. The van der Waals surface area contributed by atoms with Crippen LogP contribution in [-0.4, -0.2) is 6.61 Å². The number of unbranched alkanes of at least 4 members (excludes halogenated alkanes) is 1. The van der Waals surface area contributed by atoms with Gasteiger partial charge in [0.15, 0.2) is 0 Å². The van der Waals surface area contributed by atoms with Gasteiger partial charge >= 0.3 is 0 Å². The molecule has 1 unspecified atom stereocenters. The van der Waals surface area contributed by atoms with Crippen molar-refractivity contribution >= 4 is 0 Å². The Morgan fingerprint density at radius 3 is 2.65 bits per heavy atom. The van der Waals surface area contributed by atoms with Crippen molar-refractivity contribution in [3.8, 4) is 0 Å². The van der Waals surface area contributed by atoms with E-state index in [0.29, 0.717) is 19.1 Å². The van der Waals surface area contributed by atoms with E-state index in [4.69, 9.17) is 14.9 Å². The Morgan fingerprint density at radius 2 is 2.06 bits per heavy atom. The first-order valence-electron chi connectivity index (χ1n) is 6.65. The van der Waals surface area contributed by atoms with Crippen molar-refractivity contribution in [2.75, 3.05) is 6.61 Å². The zero-order valence-corrected chi connectivity index (χ0v) is 11.1. The molecule has 98 valence electrons. The molecular weight excluding hydrogens is 214 g/mol. The average molecular weight is 239 g/mol. The third-order valence-corrected chi connectivity index (χ3v) is 3.06. The summed E-state index contributed by atoms with van der Waals surface area (Å²) in [6, 6.07) is 3.85. The van der Waals surface area contributed by atoms with E-state index in [1.54, 1.807) is 0 Å². The fraction of sp³-hybridized carbons (Fsp3) is 0.714. The molecule has 0 radical (unpaired) electrons. The Hall–Kier alpha value is -0.800. The minimum atomic E-state index is 0.452. The van der Waals surface area contributed by atoms with Crippen LogP contribution in [0.1, 0.15) is 51.1 Å². The van der Waals surface area contributed by atoms with Crippen LogP contribution in [0.4, 0.5) is 0 Å². The fourth-order valence-electron chi connectivity index (χ4n) is 1.83. The lowest BCUT2D eigenvalue weighted by atomic mass is 10.0. The zero-order valence-electron chi connectivity index (χ0n) is 11.1. The SMILES string of the molecule is CCCCC(CC)COCc1ccc(CN)o1. The van der Waals surface area contributed by atoms with Crippen LogP contribution in [0.25, 0.3) is 0 Å². The molecule has 0 bridgehead atoms. The molecule has 1 aromatic rings. The van der Waals surface area contributed by atoms with E-state index in [0.717, 1.165) is 18.1 Å². The maximum Gasteiger partial charge on any atom is 0.129 e. The number of ether oxygens (including phenoxy) is 1. The molecule has 2 N–H and O–H groups in total. The van der Waals surface area contributed by atoms with Gasteiger partial charge < -0.3 is 14.9 Å². The molecule has 0 aliphatic rings. The number of rotatable bonds is 9. The quantitative estimate of drug-likeness (QED) is 0.717. The number of furan rings is 1. The Labute approximate surface area is 104 Å². The van der Waals surface area contributed by atoms with E-state index in [-0.39, 0.29) is 0 Å². The van der Waals surface area contributed by atoms with Gasteiger partial charge in [0.2, 0.25) is 0 Å². The van der Waals surface area contributed by atoms with E-state index < -0.39 is 0 Å². The molecule has 0 amide bonds. The summed E-state index contributed by atoms with van der Waals surface area (Å²) >= 11 is 0. The summed E-state index contributed by atoms with van der Waals surface area (Å²) in [5.41, 5.74) is 5.48.